The number of hydrogen-bond acceptors (Lipinski definition) is 2. The molecule has 0 amide bonds. The molecule has 0 saturated heterocycles. The molecule has 0 aliphatic rings. The first-order chi connectivity index (χ1) is 9.13. The van der Waals surface area contributed by atoms with Crippen molar-refractivity contribution in [3.8, 4) is 6.07 Å². The zero-order valence-electron chi connectivity index (χ0n) is 11.7. The number of hydrogen-bond donors (Lipinski definition) is 1. The summed E-state index contributed by atoms with van der Waals surface area (Å²) in [5.41, 5.74) is 1.02. The number of rotatable bonds is 8. The second kappa shape index (κ2) is 7.57. The summed E-state index contributed by atoms with van der Waals surface area (Å²) in [6, 6.07) is 2.14. The maximum absolute atomic E-state index is 11.0. The van der Waals surface area contributed by atoms with Gasteiger partial charge < -0.3 is 5.11 Å². The van der Waals surface area contributed by atoms with Crippen LogP contribution in [-0.2, 0) is 30.7 Å². The average Bonchev–Trinajstić information content (AvgIpc) is 2.70. The van der Waals surface area contributed by atoms with Gasteiger partial charge in [-0.15, -0.1) is 0 Å². The molecule has 0 fully saturated rings. The number of unbranched alkanes of at least 4 members (excludes halogenated alkanes) is 1. The Bertz CT molecular complexity index is 472. The molecule has 1 heterocycles. The van der Waals surface area contributed by atoms with E-state index in [4.69, 9.17) is 10.4 Å². The maximum Gasteiger partial charge on any atom is 0.346 e. The summed E-state index contributed by atoms with van der Waals surface area (Å²) in [7, 11) is 0. The van der Waals surface area contributed by atoms with Gasteiger partial charge in [0.25, 0.3) is 5.82 Å². The van der Waals surface area contributed by atoms with Gasteiger partial charge in [-0.1, -0.05) is 20.3 Å². The van der Waals surface area contributed by atoms with Crippen LogP contribution in [0.4, 0.5) is 0 Å². The molecule has 0 aliphatic heterocycles. The molecule has 1 aromatic rings. The van der Waals surface area contributed by atoms with Crippen LogP contribution in [-0.4, -0.2) is 15.6 Å². The van der Waals surface area contributed by atoms with Crippen molar-refractivity contribution < 1.29 is 14.5 Å². The first kappa shape index (κ1) is 15.2. The molecule has 0 unspecified atom stereocenters. The molecule has 5 nitrogen and oxygen atoms in total. The first-order valence-electron chi connectivity index (χ1n) is 6.83. The third-order valence-electron chi connectivity index (χ3n) is 3.17. The summed E-state index contributed by atoms with van der Waals surface area (Å²) >= 11 is 0. The molecule has 0 aliphatic carbocycles. The monoisotopic (exact) mass is 264 g/mol. The Labute approximate surface area is 114 Å². The van der Waals surface area contributed by atoms with Crippen molar-refractivity contribution in [3.63, 3.8) is 0 Å². The van der Waals surface area contributed by atoms with Crippen molar-refractivity contribution in [3.05, 3.63) is 17.7 Å². The second-order valence-electron chi connectivity index (χ2n) is 4.58. The number of aromatic nitrogens is 2. The Morgan fingerprint density at radius 3 is 2.79 bits per heavy atom. The van der Waals surface area contributed by atoms with Crippen LogP contribution in [0.25, 0.3) is 0 Å². The smallest absolute Gasteiger partial charge is 0.346 e. The number of carbonyl (C=O) groups is 1. The predicted molar refractivity (Wildman–Crippen MR) is 70.5 cm³/mol. The zero-order valence-corrected chi connectivity index (χ0v) is 11.7. The van der Waals surface area contributed by atoms with Crippen LogP contribution < -0.4 is 4.57 Å². The minimum atomic E-state index is -0.824. The number of imidazole rings is 1. The lowest BCUT2D eigenvalue weighted by Crippen LogP contribution is -2.37. The fourth-order valence-corrected chi connectivity index (χ4v) is 2.23. The molecule has 0 radical (unpaired) electrons. The highest BCUT2D eigenvalue weighted by molar-refractivity contribution is 5.66. The molecule has 1 rings (SSSR count). The fourth-order valence-electron chi connectivity index (χ4n) is 2.23. The summed E-state index contributed by atoms with van der Waals surface area (Å²) in [4.78, 5) is 11.0. The van der Waals surface area contributed by atoms with Gasteiger partial charge in [0.15, 0.2) is 6.54 Å². The van der Waals surface area contributed by atoms with Crippen molar-refractivity contribution in [1.29, 1.82) is 5.26 Å². The van der Waals surface area contributed by atoms with Gasteiger partial charge in [0.05, 0.1) is 12.5 Å². The van der Waals surface area contributed by atoms with E-state index in [1.807, 2.05) is 22.3 Å². The molecular formula is C14H22N3O2+. The topological polar surface area (TPSA) is 69.9 Å². The number of nitriles is 1. The molecule has 5 heteroatoms. The van der Waals surface area contributed by atoms with Gasteiger partial charge >= 0.3 is 5.97 Å². The number of carboxylic acid groups (broad SMARTS) is 1. The summed E-state index contributed by atoms with van der Waals surface area (Å²) in [6.07, 6.45) is 6.19. The lowest BCUT2D eigenvalue weighted by Gasteiger charge is -2.03. The third-order valence-corrected chi connectivity index (χ3v) is 3.17. The maximum atomic E-state index is 11.0. The number of carboxylic acids is 1. The summed E-state index contributed by atoms with van der Waals surface area (Å²) < 4.78 is 3.93. The van der Waals surface area contributed by atoms with Gasteiger partial charge in [0.1, 0.15) is 18.4 Å². The van der Waals surface area contributed by atoms with Crippen LogP contribution in [0.15, 0.2) is 6.20 Å². The number of aryl methyl sites for hydroxylation is 2. The second-order valence-corrected chi connectivity index (χ2v) is 4.58. The van der Waals surface area contributed by atoms with Gasteiger partial charge in [-0.3, -0.25) is 0 Å². The quantitative estimate of drug-likeness (QED) is 0.726. The van der Waals surface area contributed by atoms with E-state index in [1.165, 1.54) is 0 Å². The largest absolute Gasteiger partial charge is 0.478 e. The van der Waals surface area contributed by atoms with E-state index in [2.05, 4.69) is 13.0 Å². The van der Waals surface area contributed by atoms with E-state index in [0.717, 1.165) is 37.2 Å². The Hall–Kier alpha value is -1.83. The Morgan fingerprint density at radius 2 is 2.26 bits per heavy atom. The van der Waals surface area contributed by atoms with Gasteiger partial charge in [0, 0.05) is 12.8 Å². The van der Waals surface area contributed by atoms with E-state index >= 15 is 0 Å². The Kier molecular flexibility index (Phi) is 6.07. The number of nitrogens with zero attached hydrogens (tertiary/aromatic N) is 3. The minimum absolute atomic E-state index is 0.00176. The average molecular weight is 264 g/mol. The van der Waals surface area contributed by atoms with E-state index in [1.54, 1.807) is 0 Å². The predicted octanol–water partition coefficient (Wildman–Crippen LogP) is 1.68. The molecule has 0 spiro atoms. The molecule has 0 bridgehead atoms. The van der Waals surface area contributed by atoms with E-state index in [0.29, 0.717) is 13.0 Å². The molecule has 1 N–H and O–H groups in total. The van der Waals surface area contributed by atoms with Crippen molar-refractivity contribution in [2.24, 2.45) is 0 Å². The molecule has 1 aromatic heterocycles. The van der Waals surface area contributed by atoms with Crippen molar-refractivity contribution in [2.75, 3.05) is 0 Å². The highest BCUT2D eigenvalue weighted by atomic mass is 16.4. The van der Waals surface area contributed by atoms with Crippen molar-refractivity contribution in [2.45, 2.75) is 59.0 Å². The molecule has 19 heavy (non-hydrogen) atoms. The van der Waals surface area contributed by atoms with Crippen LogP contribution in [0.1, 0.15) is 44.6 Å². The van der Waals surface area contributed by atoms with Gasteiger partial charge in [-0.2, -0.15) is 5.26 Å². The van der Waals surface area contributed by atoms with E-state index in [-0.39, 0.29) is 6.54 Å². The van der Waals surface area contributed by atoms with Crippen LogP contribution >= 0.6 is 0 Å². The molecular weight excluding hydrogens is 242 g/mol. The SMILES string of the molecule is CCCCc1n(CC(=O)O)c(CC)c[n+]1CCC#N. The van der Waals surface area contributed by atoms with E-state index in [9.17, 15) is 4.79 Å². The van der Waals surface area contributed by atoms with Gasteiger partial charge in [0.2, 0.25) is 0 Å². The lowest BCUT2D eigenvalue weighted by atomic mass is 10.2. The van der Waals surface area contributed by atoms with Crippen molar-refractivity contribution in [1.82, 2.24) is 4.57 Å². The van der Waals surface area contributed by atoms with Gasteiger partial charge in [-0.05, 0) is 6.42 Å². The minimum Gasteiger partial charge on any atom is -0.478 e. The standard InChI is InChI=1S/C14H21N3O2/c1-3-5-7-13-16(9-6-8-15)10-12(4-2)17(13)11-14(18)19/h10H,3-7,9,11H2,1-2H3/p+1. The molecule has 0 atom stereocenters. The highest BCUT2D eigenvalue weighted by Crippen LogP contribution is 2.09. The normalized spacial score (nSPS) is 10.4. The Balaban J connectivity index is 3.11. The summed E-state index contributed by atoms with van der Waals surface area (Å²) in [5.74, 6) is 0.201. The molecule has 104 valence electrons. The molecule has 0 saturated carbocycles. The summed E-state index contributed by atoms with van der Waals surface area (Å²) in [6.45, 7) is 4.77. The fraction of sp³-hybridized carbons (Fsp3) is 0.643. The zero-order chi connectivity index (χ0) is 14.3. The van der Waals surface area contributed by atoms with Crippen LogP contribution in [0.5, 0.6) is 0 Å². The van der Waals surface area contributed by atoms with Crippen LogP contribution in [0.3, 0.4) is 0 Å². The summed E-state index contributed by atoms with van der Waals surface area (Å²) in [5, 5.41) is 17.7. The third kappa shape index (κ3) is 4.09. The first-order valence-corrected chi connectivity index (χ1v) is 6.83. The van der Waals surface area contributed by atoms with Gasteiger partial charge in [-0.25, -0.2) is 13.9 Å². The van der Waals surface area contributed by atoms with Crippen molar-refractivity contribution >= 4 is 5.97 Å². The lowest BCUT2D eigenvalue weighted by molar-refractivity contribution is -0.703. The Morgan fingerprint density at radius 1 is 1.53 bits per heavy atom. The van der Waals surface area contributed by atoms with Crippen LogP contribution in [0, 0.1) is 11.3 Å². The molecule has 0 aromatic carbocycles. The van der Waals surface area contributed by atoms with Crippen LogP contribution in [0.2, 0.25) is 0 Å². The van der Waals surface area contributed by atoms with E-state index < -0.39 is 5.97 Å². The number of aliphatic carboxylic acids is 1. The highest BCUT2D eigenvalue weighted by Gasteiger charge is 2.23.